The predicted octanol–water partition coefficient (Wildman–Crippen LogP) is 2.45. The molecule has 0 atom stereocenters. The highest BCUT2D eigenvalue weighted by Gasteiger charge is 2.15. The van der Waals surface area contributed by atoms with Gasteiger partial charge in [0.15, 0.2) is 0 Å². The van der Waals surface area contributed by atoms with Crippen molar-refractivity contribution in [1.82, 2.24) is 9.97 Å². The number of nitrogens with zero attached hydrogens (tertiary/aromatic N) is 3. The van der Waals surface area contributed by atoms with Gasteiger partial charge in [-0.2, -0.15) is 16.7 Å². The first-order chi connectivity index (χ1) is 6.77. The Bertz CT molecular complexity index is 330. The van der Waals surface area contributed by atoms with Crippen molar-refractivity contribution < 1.29 is 0 Å². The molecule has 0 N–H and O–H groups in total. The van der Waals surface area contributed by atoms with Gasteiger partial charge in [0.1, 0.15) is 5.82 Å². The molecule has 2 rings (SSSR count). The summed E-state index contributed by atoms with van der Waals surface area (Å²) in [6.07, 6.45) is 1.70. The van der Waals surface area contributed by atoms with E-state index in [1.165, 1.54) is 0 Å². The van der Waals surface area contributed by atoms with Gasteiger partial charge in [-0.25, -0.2) is 4.98 Å². The lowest BCUT2D eigenvalue weighted by molar-refractivity contribution is 0.831. The maximum absolute atomic E-state index is 5.76. The Balaban J connectivity index is 2.24. The van der Waals surface area contributed by atoms with Crippen LogP contribution in [0.1, 0.15) is 0 Å². The van der Waals surface area contributed by atoms with Crippen LogP contribution in [-0.4, -0.2) is 34.6 Å². The van der Waals surface area contributed by atoms with E-state index in [0.29, 0.717) is 5.28 Å². The van der Waals surface area contributed by atoms with E-state index in [4.69, 9.17) is 11.6 Å². The van der Waals surface area contributed by atoms with Crippen LogP contribution in [0.15, 0.2) is 10.7 Å². The summed E-state index contributed by atoms with van der Waals surface area (Å²) in [4.78, 5) is 10.4. The van der Waals surface area contributed by atoms with E-state index in [1.807, 2.05) is 11.8 Å². The molecule has 0 aliphatic carbocycles. The van der Waals surface area contributed by atoms with Crippen LogP contribution in [0, 0.1) is 0 Å². The molecule has 3 nitrogen and oxygen atoms in total. The molecule has 1 aliphatic heterocycles. The zero-order chi connectivity index (χ0) is 9.97. The number of hydrogen-bond acceptors (Lipinski definition) is 4. The van der Waals surface area contributed by atoms with E-state index >= 15 is 0 Å². The second-order valence-electron chi connectivity index (χ2n) is 2.91. The summed E-state index contributed by atoms with van der Waals surface area (Å²) in [5.41, 5.74) is 0. The normalized spacial score (nSPS) is 17.1. The first kappa shape index (κ1) is 10.5. The summed E-state index contributed by atoms with van der Waals surface area (Å²) in [5.74, 6) is 3.20. The van der Waals surface area contributed by atoms with Crippen LogP contribution in [0.5, 0.6) is 0 Å². The molecule has 1 aliphatic rings. The lowest BCUT2D eigenvalue weighted by Crippen LogP contribution is -2.33. The Kier molecular flexibility index (Phi) is 3.52. The fourth-order valence-corrected chi connectivity index (χ4v) is 2.81. The monoisotopic (exact) mass is 293 g/mol. The third-order valence-electron chi connectivity index (χ3n) is 2.01. The molecule has 0 bridgehead atoms. The van der Waals surface area contributed by atoms with E-state index in [2.05, 4.69) is 30.8 Å². The van der Waals surface area contributed by atoms with Gasteiger partial charge in [-0.15, -0.1) is 0 Å². The minimum absolute atomic E-state index is 0.307. The topological polar surface area (TPSA) is 29.0 Å². The smallest absolute Gasteiger partial charge is 0.224 e. The molecule has 1 saturated heterocycles. The maximum Gasteiger partial charge on any atom is 0.224 e. The Morgan fingerprint density at radius 2 is 2.14 bits per heavy atom. The van der Waals surface area contributed by atoms with Crippen molar-refractivity contribution >= 4 is 45.1 Å². The minimum Gasteiger partial charge on any atom is -0.354 e. The summed E-state index contributed by atoms with van der Waals surface area (Å²) in [6.45, 7) is 2.05. The van der Waals surface area contributed by atoms with Crippen LogP contribution in [-0.2, 0) is 0 Å². The molecule has 0 spiro atoms. The standard InChI is InChI=1S/C8H9BrClN3S/c9-6-5-11-8(10)12-7(6)13-1-3-14-4-2-13/h5H,1-4H2. The Hall–Kier alpha value is -0.000000000000000111. The summed E-state index contributed by atoms with van der Waals surface area (Å²) in [7, 11) is 0. The third kappa shape index (κ3) is 2.32. The number of halogens is 2. The molecule has 0 unspecified atom stereocenters. The van der Waals surface area contributed by atoms with Crippen LogP contribution in [0.2, 0.25) is 5.28 Å². The highest BCUT2D eigenvalue weighted by atomic mass is 79.9. The SMILES string of the molecule is Clc1ncc(Br)c(N2CCSCC2)n1. The van der Waals surface area contributed by atoms with Crippen molar-refractivity contribution in [1.29, 1.82) is 0 Å². The fraction of sp³-hybridized carbons (Fsp3) is 0.500. The van der Waals surface area contributed by atoms with Crippen LogP contribution in [0.25, 0.3) is 0 Å². The largest absolute Gasteiger partial charge is 0.354 e. The lowest BCUT2D eigenvalue weighted by Gasteiger charge is -2.27. The number of aromatic nitrogens is 2. The average molecular weight is 295 g/mol. The zero-order valence-electron chi connectivity index (χ0n) is 7.41. The van der Waals surface area contributed by atoms with Gasteiger partial charge in [-0.3, -0.25) is 0 Å². The van der Waals surface area contributed by atoms with E-state index in [-0.39, 0.29) is 0 Å². The number of hydrogen-bond donors (Lipinski definition) is 0. The quantitative estimate of drug-likeness (QED) is 0.744. The maximum atomic E-state index is 5.76. The van der Waals surface area contributed by atoms with Crippen LogP contribution in [0.4, 0.5) is 5.82 Å². The lowest BCUT2D eigenvalue weighted by atomic mass is 10.4. The van der Waals surface area contributed by atoms with Gasteiger partial charge in [0.05, 0.1) is 4.47 Å². The van der Waals surface area contributed by atoms with Crippen molar-refractivity contribution in [2.75, 3.05) is 29.5 Å². The fourth-order valence-electron chi connectivity index (χ4n) is 1.33. The first-order valence-corrected chi connectivity index (χ1v) is 6.60. The molecular weight excluding hydrogens is 286 g/mol. The molecule has 0 amide bonds. The molecule has 76 valence electrons. The molecule has 1 fully saturated rings. The molecule has 0 aromatic carbocycles. The second-order valence-corrected chi connectivity index (χ2v) is 5.33. The summed E-state index contributed by atoms with van der Waals surface area (Å²) in [6, 6.07) is 0. The Morgan fingerprint density at radius 3 is 2.86 bits per heavy atom. The predicted molar refractivity (Wildman–Crippen MR) is 64.3 cm³/mol. The van der Waals surface area contributed by atoms with Gasteiger partial charge >= 0.3 is 0 Å². The average Bonchev–Trinajstić information content (AvgIpc) is 2.23. The highest BCUT2D eigenvalue weighted by molar-refractivity contribution is 9.10. The Morgan fingerprint density at radius 1 is 1.43 bits per heavy atom. The van der Waals surface area contributed by atoms with Crippen molar-refractivity contribution in [3.05, 3.63) is 16.0 Å². The molecule has 0 saturated carbocycles. The van der Waals surface area contributed by atoms with Gasteiger partial charge in [0.2, 0.25) is 5.28 Å². The summed E-state index contributed by atoms with van der Waals surface area (Å²) < 4.78 is 0.911. The van der Waals surface area contributed by atoms with Gasteiger partial charge in [-0.05, 0) is 27.5 Å². The molecule has 6 heteroatoms. The van der Waals surface area contributed by atoms with Gasteiger partial charge in [0.25, 0.3) is 0 Å². The third-order valence-corrected chi connectivity index (χ3v) is 3.69. The first-order valence-electron chi connectivity index (χ1n) is 4.28. The van der Waals surface area contributed by atoms with E-state index < -0.39 is 0 Å². The van der Waals surface area contributed by atoms with Crippen LogP contribution < -0.4 is 4.90 Å². The molecule has 14 heavy (non-hydrogen) atoms. The molecular formula is C8H9BrClN3S. The number of thioether (sulfide) groups is 1. The van der Waals surface area contributed by atoms with Crippen molar-refractivity contribution in [2.24, 2.45) is 0 Å². The van der Waals surface area contributed by atoms with Crippen molar-refractivity contribution in [3.8, 4) is 0 Å². The number of anilines is 1. The molecule has 2 heterocycles. The summed E-state index contributed by atoms with van der Waals surface area (Å²) >= 11 is 11.2. The Labute approximate surface area is 100 Å². The second kappa shape index (κ2) is 4.68. The molecule has 1 aromatic heterocycles. The zero-order valence-corrected chi connectivity index (χ0v) is 10.6. The van der Waals surface area contributed by atoms with Crippen LogP contribution >= 0.6 is 39.3 Å². The van der Waals surface area contributed by atoms with Crippen molar-refractivity contribution in [2.45, 2.75) is 0 Å². The molecule has 0 radical (unpaired) electrons. The molecule has 1 aromatic rings. The minimum atomic E-state index is 0.307. The highest BCUT2D eigenvalue weighted by Crippen LogP contribution is 2.26. The van der Waals surface area contributed by atoms with Gasteiger partial charge in [0, 0.05) is 30.8 Å². The van der Waals surface area contributed by atoms with Crippen LogP contribution in [0.3, 0.4) is 0 Å². The van der Waals surface area contributed by atoms with E-state index in [0.717, 1.165) is 34.9 Å². The van der Waals surface area contributed by atoms with Crippen molar-refractivity contribution in [3.63, 3.8) is 0 Å². The van der Waals surface area contributed by atoms with E-state index in [1.54, 1.807) is 6.20 Å². The van der Waals surface area contributed by atoms with E-state index in [9.17, 15) is 0 Å². The summed E-state index contributed by atoms with van der Waals surface area (Å²) in [5, 5.41) is 0.307. The van der Waals surface area contributed by atoms with Gasteiger partial charge < -0.3 is 4.90 Å². The number of rotatable bonds is 1. The van der Waals surface area contributed by atoms with Gasteiger partial charge in [-0.1, -0.05) is 0 Å².